The van der Waals surface area contributed by atoms with Crippen LogP contribution in [0.2, 0.25) is 0 Å². The minimum absolute atomic E-state index is 0.294. The summed E-state index contributed by atoms with van der Waals surface area (Å²) < 4.78 is 11.0. The lowest BCUT2D eigenvalue weighted by molar-refractivity contribution is 0.408. The van der Waals surface area contributed by atoms with E-state index < -0.39 is 0 Å². The molecule has 0 amide bonds. The number of hydrogen-bond acceptors (Lipinski definition) is 3. The molecule has 0 aliphatic heterocycles. The Bertz CT molecular complexity index is 964. The monoisotopic (exact) mass is 292 g/mol. The molecule has 4 rings (SSSR count). The van der Waals surface area contributed by atoms with Crippen molar-refractivity contribution in [3.63, 3.8) is 0 Å². The highest BCUT2D eigenvalue weighted by Crippen LogP contribution is 2.50. The van der Waals surface area contributed by atoms with Crippen LogP contribution in [0.25, 0.3) is 21.9 Å². The van der Waals surface area contributed by atoms with Crippen LogP contribution in [0.4, 0.5) is 0 Å². The van der Waals surface area contributed by atoms with Gasteiger partial charge in [-0.25, -0.2) is 4.79 Å². The molecule has 0 unspecified atom stereocenters. The number of benzene rings is 2. The number of ether oxygens (including phenoxy) is 1. The molecule has 3 aromatic rings. The van der Waals surface area contributed by atoms with Crippen molar-refractivity contribution >= 4 is 10.8 Å². The van der Waals surface area contributed by atoms with E-state index in [4.69, 9.17) is 9.15 Å². The van der Waals surface area contributed by atoms with Crippen LogP contribution in [0, 0.1) is 0 Å². The molecule has 0 N–H and O–H groups in total. The molecule has 0 saturated heterocycles. The highest BCUT2D eigenvalue weighted by atomic mass is 16.5. The first kappa shape index (κ1) is 13.1. The lowest BCUT2D eigenvalue weighted by Gasteiger charge is -2.19. The lowest BCUT2D eigenvalue weighted by Crippen LogP contribution is -2.17. The maximum atomic E-state index is 12.4. The van der Waals surface area contributed by atoms with Crippen LogP contribution in [0.3, 0.4) is 0 Å². The first-order valence-corrected chi connectivity index (χ1v) is 7.29. The van der Waals surface area contributed by atoms with E-state index >= 15 is 0 Å². The van der Waals surface area contributed by atoms with Gasteiger partial charge in [-0.05, 0) is 43.2 Å². The van der Waals surface area contributed by atoms with E-state index in [2.05, 4.69) is 26.0 Å². The Morgan fingerprint density at radius 1 is 1.05 bits per heavy atom. The molecule has 0 radical (unpaired) electrons. The smallest absolute Gasteiger partial charge is 0.343 e. The predicted octanol–water partition coefficient (Wildman–Crippen LogP) is 4.11. The van der Waals surface area contributed by atoms with Gasteiger partial charge in [-0.1, -0.05) is 24.3 Å². The van der Waals surface area contributed by atoms with Crippen LogP contribution in [-0.2, 0) is 5.41 Å². The molecule has 1 heterocycles. The second-order valence-electron chi connectivity index (χ2n) is 6.18. The van der Waals surface area contributed by atoms with Crippen LogP contribution in [-0.4, -0.2) is 7.11 Å². The van der Waals surface area contributed by atoms with E-state index in [1.54, 1.807) is 19.2 Å². The zero-order valence-electron chi connectivity index (χ0n) is 12.8. The number of hydrogen-bond donors (Lipinski definition) is 0. The van der Waals surface area contributed by atoms with Gasteiger partial charge in [0.1, 0.15) is 11.5 Å². The fourth-order valence-corrected chi connectivity index (χ4v) is 3.43. The topological polar surface area (TPSA) is 39.4 Å². The fourth-order valence-electron chi connectivity index (χ4n) is 3.43. The highest BCUT2D eigenvalue weighted by molar-refractivity contribution is 6.01. The Kier molecular flexibility index (Phi) is 2.52. The molecule has 0 saturated carbocycles. The molecule has 22 heavy (non-hydrogen) atoms. The van der Waals surface area contributed by atoms with E-state index in [9.17, 15) is 4.79 Å². The summed E-state index contributed by atoms with van der Waals surface area (Å²) in [6.45, 7) is 4.18. The van der Waals surface area contributed by atoms with E-state index in [0.717, 1.165) is 28.0 Å². The van der Waals surface area contributed by atoms with Gasteiger partial charge in [0, 0.05) is 16.4 Å². The molecule has 3 heteroatoms. The summed E-state index contributed by atoms with van der Waals surface area (Å²) in [5.41, 5.74) is 2.71. The van der Waals surface area contributed by atoms with Crippen molar-refractivity contribution in [1.29, 1.82) is 0 Å². The molecule has 1 aromatic heterocycles. The van der Waals surface area contributed by atoms with Crippen LogP contribution in [0.5, 0.6) is 5.75 Å². The molecule has 0 spiro atoms. The maximum absolute atomic E-state index is 12.4. The van der Waals surface area contributed by atoms with Crippen molar-refractivity contribution in [3.8, 4) is 16.9 Å². The summed E-state index contributed by atoms with van der Waals surface area (Å²) in [6, 6.07) is 13.7. The largest absolute Gasteiger partial charge is 0.497 e. The van der Waals surface area contributed by atoms with E-state index in [0.29, 0.717) is 5.39 Å². The lowest BCUT2D eigenvalue weighted by atomic mass is 9.86. The summed E-state index contributed by atoms with van der Waals surface area (Å²) in [7, 11) is 1.63. The molecule has 110 valence electrons. The molecule has 0 atom stereocenters. The second kappa shape index (κ2) is 4.23. The van der Waals surface area contributed by atoms with Crippen molar-refractivity contribution in [3.05, 3.63) is 64.2 Å². The zero-order chi connectivity index (χ0) is 15.5. The molecular weight excluding hydrogens is 276 g/mol. The Morgan fingerprint density at radius 3 is 2.59 bits per heavy atom. The van der Waals surface area contributed by atoms with Crippen molar-refractivity contribution in [1.82, 2.24) is 0 Å². The first-order chi connectivity index (χ1) is 10.5. The van der Waals surface area contributed by atoms with Gasteiger partial charge in [0.15, 0.2) is 0 Å². The second-order valence-corrected chi connectivity index (χ2v) is 6.18. The summed E-state index contributed by atoms with van der Waals surface area (Å²) in [4.78, 5) is 12.4. The molecule has 2 aromatic carbocycles. The summed E-state index contributed by atoms with van der Waals surface area (Å²) in [6.07, 6.45) is 0. The molecular formula is C19H16O3. The van der Waals surface area contributed by atoms with Gasteiger partial charge in [-0.2, -0.15) is 0 Å². The number of methoxy groups -OCH3 is 1. The molecule has 1 aliphatic carbocycles. The Morgan fingerprint density at radius 2 is 1.82 bits per heavy atom. The standard InChI is InChI=1S/C19H16O3/c1-19(2)15-7-5-4-6-13(15)16-14-10-11(21-3)8-9-12(14)18(20)22-17(16)19/h4-10H,1-3H3. The zero-order valence-corrected chi connectivity index (χ0v) is 12.8. The minimum Gasteiger partial charge on any atom is -0.497 e. The molecule has 1 aliphatic rings. The third-order valence-electron chi connectivity index (χ3n) is 4.58. The van der Waals surface area contributed by atoms with Gasteiger partial charge >= 0.3 is 5.63 Å². The van der Waals surface area contributed by atoms with Gasteiger partial charge in [-0.15, -0.1) is 0 Å². The van der Waals surface area contributed by atoms with Crippen LogP contribution in [0.1, 0.15) is 25.2 Å². The summed E-state index contributed by atoms with van der Waals surface area (Å²) >= 11 is 0. The van der Waals surface area contributed by atoms with Crippen LogP contribution in [0.15, 0.2) is 51.7 Å². The Hall–Kier alpha value is -2.55. The number of rotatable bonds is 1. The SMILES string of the molecule is COc1ccc2c(=O)oc3c(c2c1)-c1ccccc1C3(C)C. The average Bonchev–Trinajstić information content (AvgIpc) is 2.76. The van der Waals surface area contributed by atoms with Gasteiger partial charge in [0.05, 0.1) is 12.5 Å². The number of fused-ring (bicyclic) bond motifs is 5. The average molecular weight is 292 g/mol. The Balaban J connectivity index is 2.23. The van der Waals surface area contributed by atoms with Crippen molar-refractivity contribution < 1.29 is 9.15 Å². The third kappa shape index (κ3) is 1.54. The molecule has 3 nitrogen and oxygen atoms in total. The summed E-state index contributed by atoms with van der Waals surface area (Å²) in [5.74, 6) is 1.47. The van der Waals surface area contributed by atoms with Crippen molar-refractivity contribution in [2.24, 2.45) is 0 Å². The fraction of sp³-hybridized carbons (Fsp3) is 0.211. The third-order valence-corrected chi connectivity index (χ3v) is 4.58. The predicted molar refractivity (Wildman–Crippen MR) is 86.6 cm³/mol. The van der Waals surface area contributed by atoms with E-state index in [1.807, 2.05) is 18.2 Å². The van der Waals surface area contributed by atoms with Crippen LogP contribution >= 0.6 is 0 Å². The Labute approximate surface area is 128 Å². The van der Waals surface area contributed by atoms with Gasteiger partial charge in [0.2, 0.25) is 0 Å². The first-order valence-electron chi connectivity index (χ1n) is 7.29. The van der Waals surface area contributed by atoms with Crippen molar-refractivity contribution in [2.45, 2.75) is 19.3 Å². The molecule has 0 fully saturated rings. The maximum Gasteiger partial charge on any atom is 0.343 e. The van der Waals surface area contributed by atoms with E-state index in [-0.39, 0.29) is 11.0 Å². The van der Waals surface area contributed by atoms with Gasteiger partial charge in [-0.3, -0.25) is 0 Å². The van der Waals surface area contributed by atoms with Gasteiger partial charge < -0.3 is 9.15 Å². The van der Waals surface area contributed by atoms with Crippen molar-refractivity contribution in [2.75, 3.05) is 7.11 Å². The summed E-state index contributed by atoms with van der Waals surface area (Å²) in [5, 5.41) is 1.48. The van der Waals surface area contributed by atoms with Crippen LogP contribution < -0.4 is 10.4 Å². The highest BCUT2D eigenvalue weighted by Gasteiger charge is 2.39. The normalized spacial score (nSPS) is 14.7. The minimum atomic E-state index is -0.317. The van der Waals surface area contributed by atoms with E-state index in [1.165, 1.54) is 5.56 Å². The van der Waals surface area contributed by atoms with Gasteiger partial charge in [0.25, 0.3) is 0 Å². The molecule has 0 bridgehead atoms. The quantitative estimate of drug-likeness (QED) is 0.677.